The number of ketones is 1. The van der Waals surface area contributed by atoms with Crippen molar-refractivity contribution in [3.63, 3.8) is 0 Å². The number of likely N-dealkylation sites (tertiary alicyclic amines) is 1. The van der Waals surface area contributed by atoms with Gasteiger partial charge in [0.2, 0.25) is 0 Å². The van der Waals surface area contributed by atoms with Crippen LogP contribution in [0.15, 0.2) is 12.2 Å². The first-order valence-corrected chi connectivity index (χ1v) is 7.54. The van der Waals surface area contributed by atoms with Gasteiger partial charge >= 0.3 is 12.1 Å². The van der Waals surface area contributed by atoms with Crippen molar-refractivity contribution in [3.8, 4) is 0 Å². The molecule has 3 rings (SSSR count). The van der Waals surface area contributed by atoms with E-state index in [9.17, 15) is 14.4 Å². The van der Waals surface area contributed by atoms with Gasteiger partial charge in [-0.05, 0) is 26.7 Å². The maximum atomic E-state index is 12.4. The second kappa shape index (κ2) is 4.83. The summed E-state index contributed by atoms with van der Waals surface area (Å²) in [6, 6.07) is -0.742. The second-order valence-corrected chi connectivity index (χ2v) is 7.18. The lowest BCUT2D eigenvalue weighted by Gasteiger charge is -2.29. The topological polar surface area (TPSA) is 72.9 Å². The van der Waals surface area contributed by atoms with E-state index >= 15 is 0 Å². The van der Waals surface area contributed by atoms with Crippen LogP contribution in [0.25, 0.3) is 0 Å². The molecule has 6 heteroatoms. The Morgan fingerprint density at radius 1 is 1.23 bits per heavy atom. The van der Waals surface area contributed by atoms with Crippen LogP contribution in [0, 0.1) is 23.7 Å². The van der Waals surface area contributed by atoms with Crippen molar-refractivity contribution in [2.75, 3.05) is 13.7 Å². The molecule has 2 fully saturated rings. The number of hydrogen-bond acceptors (Lipinski definition) is 5. The van der Waals surface area contributed by atoms with Crippen LogP contribution in [0.3, 0.4) is 0 Å². The van der Waals surface area contributed by atoms with Crippen molar-refractivity contribution in [2.45, 2.75) is 32.4 Å². The fourth-order valence-electron chi connectivity index (χ4n) is 3.96. The molecule has 2 unspecified atom stereocenters. The average Bonchev–Trinajstić information content (AvgIpc) is 3.04. The molecule has 1 saturated heterocycles. The number of allylic oxidation sites excluding steroid dienone is 2. The van der Waals surface area contributed by atoms with E-state index in [1.807, 2.05) is 12.2 Å². The summed E-state index contributed by atoms with van der Waals surface area (Å²) < 4.78 is 10.3. The minimum absolute atomic E-state index is 0.0147. The molecule has 1 amide bonds. The maximum Gasteiger partial charge on any atom is 0.411 e. The van der Waals surface area contributed by atoms with Crippen LogP contribution in [-0.2, 0) is 19.1 Å². The molecular formula is C16H21NO5. The Hall–Kier alpha value is -1.85. The lowest BCUT2D eigenvalue weighted by molar-refractivity contribution is -0.147. The molecule has 0 aromatic carbocycles. The molecule has 0 spiro atoms. The Morgan fingerprint density at radius 3 is 2.45 bits per heavy atom. The van der Waals surface area contributed by atoms with E-state index < -0.39 is 23.7 Å². The first-order chi connectivity index (χ1) is 10.2. The molecule has 0 N–H and O–H groups in total. The lowest BCUT2D eigenvalue weighted by Crippen LogP contribution is -2.47. The monoisotopic (exact) mass is 307 g/mol. The van der Waals surface area contributed by atoms with Crippen LogP contribution in [-0.4, -0.2) is 48.0 Å². The molecule has 2 aliphatic carbocycles. The number of rotatable bonds is 1. The Balaban J connectivity index is 1.88. The largest absolute Gasteiger partial charge is 0.467 e. The number of carbonyl (C=O) groups excluding carboxylic acids is 3. The van der Waals surface area contributed by atoms with Gasteiger partial charge in [-0.1, -0.05) is 12.2 Å². The van der Waals surface area contributed by atoms with Crippen molar-refractivity contribution in [1.82, 2.24) is 4.90 Å². The Morgan fingerprint density at radius 2 is 1.86 bits per heavy atom. The summed E-state index contributed by atoms with van der Waals surface area (Å²) in [5.74, 6) is -0.998. The van der Waals surface area contributed by atoms with Crippen LogP contribution >= 0.6 is 0 Å². The molecule has 1 aliphatic heterocycles. The Labute approximate surface area is 129 Å². The third-order valence-electron chi connectivity index (χ3n) is 4.73. The molecule has 1 saturated carbocycles. The molecule has 0 aromatic rings. The summed E-state index contributed by atoms with van der Waals surface area (Å²) in [6.07, 6.45) is 3.24. The number of methoxy groups -OCH3 is 1. The van der Waals surface area contributed by atoms with Gasteiger partial charge in [-0.3, -0.25) is 9.69 Å². The van der Waals surface area contributed by atoms with E-state index in [2.05, 4.69) is 0 Å². The van der Waals surface area contributed by atoms with Crippen LogP contribution in [0.2, 0.25) is 0 Å². The van der Waals surface area contributed by atoms with Crippen molar-refractivity contribution in [1.29, 1.82) is 0 Å². The molecule has 3 aliphatic rings. The molecule has 0 radical (unpaired) electrons. The quantitative estimate of drug-likeness (QED) is 0.541. The fourth-order valence-corrected chi connectivity index (χ4v) is 3.96. The Bertz CT molecular complexity index is 561. The van der Waals surface area contributed by atoms with E-state index in [0.29, 0.717) is 6.54 Å². The summed E-state index contributed by atoms with van der Waals surface area (Å²) in [4.78, 5) is 38.3. The first kappa shape index (κ1) is 15.1. The van der Waals surface area contributed by atoms with Crippen molar-refractivity contribution < 1.29 is 23.9 Å². The van der Waals surface area contributed by atoms with Crippen molar-refractivity contribution in [3.05, 3.63) is 12.2 Å². The number of nitrogens with zero attached hydrogens (tertiary/aromatic N) is 1. The zero-order valence-electron chi connectivity index (χ0n) is 13.2. The van der Waals surface area contributed by atoms with Gasteiger partial charge in [0.15, 0.2) is 0 Å². The second-order valence-electron chi connectivity index (χ2n) is 7.18. The molecule has 1 heterocycles. The summed E-state index contributed by atoms with van der Waals surface area (Å²) in [7, 11) is 1.30. The Kier molecular flexibility index (Phi) is 3.30. The molecule has 22 heavy (non-hydrogen) atoms. The van der Waals surface area contributed by atoms with Gasteiger partial charge in [0.05, 0.1) is 7.11 Å². The van der Waals surface area contributed by atoms with Gasteiger partial charge < -0.3 is 9.47 Å². The number of amides is 1. The number of fused-ring (bicyclic) bond motifs is 5. The summed E-state index contributed by atoms with van der Waals surface area (Å²) >= 11 is 0. The number of esters is 1. The third-order valence-corrected chi connectivity index (χ3v) is 4.73. The van der Waals surface area contributed by atoms with Crippen LogP contribution < -0.4 is 0 Å². The molecule has 5 atom stereocenters. The summed E-state index contributed by atoms with van der Waals surface area (Å²) in [5.41, 5.74) is -0.636. The van der Waals surface area contributed by atoms with Gasteiger partial charge in [0.25, 0.3) is 0 Å². The highest BCUT2D eigenvalue weighted by Gasteiger charge is 2.62. The van der Waals surface area contributed by atoms with E-state index in [-0.39, 0.29) is 29.5 Å². The molecular weight excluding hydrogens is 286 g/mol. The standard InChI is InChI=1S/C16H21NO5/c1-16(2,3)22-15(20)17-7-10-8-5-6-9(13(8)18)11(10)12(17)14(19)21-4/h5-6,8-12H,7H2,1-4H3/t8?,9?,10-,11+,12+/m1/s1. The summed E-state index contributed by atoms with van der Waals surface area (Å²) in [6.45, 7) is 5.70. The number of hydrogen-bond donors (Lipinski definition) is 0. The molecule has 0 aromatic heterocycles. The lowest BCUT2D eigenvalue weighted by atomic mass is 9.82. The normalized spacial score (nSPS) is 35.7. The zero-order chi connectivity index (χ0) is 16.2. The van der Waals surface area contributed by atoms with Crippen LogP contribution in [0.1, 0.15) is 20.8 Å². The van der Waals surface area contributed by atoms with E-state index in [1.165, 1.54) is 12.0 Å². The predicted octanol–water partition coefficient (Wildman–Crippen LogP) is 1.40. The first-order valence-electron chi connectivity index (χ1n) is 7.54. The highest BCUT2D eigenvalue weighted by Crippen LogP contribution is 2.52. The molecule has 120 valence electrons. The van der Waals surface area contributed by atoms with E-state index in [0.717, 1.165) is 0 Å². The SMILES string of the molecule is COC(=O)[C@@H]1[C@H]2C3C=CC(C3=O)[C@H]2CN1C(=O)OC(C)(C)C. The van der Waals surface area contributed by atoms with Gasteiger partial charge in [-0.15, -0.1) is 0 Å². The number of carbonyl (C=O) groups is 3. The molecule has 6 nitrogen and oxygen atoms in total. The van der Waals surface area contributed by atoms with Gasteiger partial charge in [-0.25, -0.2) is 9.59 Å². The highest BCUT2D eigenvalue weighted by molar-refractivity contribution is 5.95. The molecule has 2 bridgehead atoms. The summed E-state index contributed by atoms with van der Waals surface area (Å²) in [5, 5.41) is 0. The highest BCUT2D eigenvalue weighted by atomic mass is 16.6. The van der Waals surface area contributed by atoms with Gasteiger partial charge in [0.1, 0.15) is 17.4 Å². The minimum Gasteiger partial charge on any atom is -0.467 e. The predicted molar refractivity (Wildman–Crippen MR) is 76.9 cm³/mol. The van der Waals surface area contributed by atoms with Gasteiger partial charge in [-0.2, -0.15) is 0 Å². The van der Waals surface area contributed by atoms with Gasteiger partial charge in [0, 0.05) is 24.3 Å². The number of Topliss-reactive ketones (excluding diaryl/α,β-unsaturated/α-hetero) is 1. The number of ether oxygens (including phenoxy) is 2. The average molecular weight is 307 g/mol. The van der Waals surface area contributed by atoms with Crippen LogP contribution in [0.4, 0.5) is 4.79 Å². The maximum absolute atomic E-state index is 12.4. The third kappa shape index (κ3) is 2.12. The smallest absolute Gasteiger partial charge is 0.411 e. The van der Waals surface area contributed by atoms with Crippen LogP contribution in [0.5, 0.6) is 0 Å². The van der Waals surface area contributed by atoms with E-state index in [1.54, 1.807) is 20.8 Å². The van der Waals surface area contributed by atoms with Crippen molar-refractivity contribution >= 4 is 17.8 Å². The minimum atomic E-state index is -0.742. The van der Waals surface area contributed by atoms with E-state index in [4.69, 9.17) is 9.47 Å². The fraction of sp³-hybridized carbons (Fsp3) is 0.688. The zero-order valence-corrected chi connectivity index (χ0v) is 13.2. The van der Waals surface area contributed by atoms with Crippen molar-refractivity contribution in [2.24, 2.45) is 23.7 Å².